The molecule has 0 fully saturated rings. The Morgan fingerprint density at radius 2 is 2.00 bits per heavy atom. The lowest BCUT2D eigenvalue weighted by atomic mass is 10.1. The second-order valence-electron chi connectivity index (χ2n) is 4.52. The van der Waals surface area contributed by atoms with Gasteiger partial charge in [0, 0.05) is 18.9 Å². The Balaban J connectivity index is 3.41. The van der Waals surface area contributed by atoms with Crippen LogP contribution in [0.25, 0.3) is 0 Å². The number of amides is 1. The Kier molecular flexibility index (Phi) is 11.0. The second kappa shape index (κ2) is 11.6. The fraction of sp³-hybridized carbons (Fsp3) is 0.846. The molecule has 4 heteroatoms. The molecule has 0 aromatic heterocycles. The summed E-state index contributed by atoms with van der Waals surface area (Å²) in [6.45, 7) is 2.78. The van der Waals surface area contributed by atoms with Crippen molar-refractivity contribution in [1.29, 1.82) is 0 Å². The van der Waals surface area contributed by atoms with E-state index in [0.29, 0.717) is 12.8 Å². The number of rotatable bonds is 11. The van der Waals surface area contributed by atoms with Crippen LogP contribution in [0.3, 0.4) is 0 Å². The van der Waals surface area contributed by atoms with Gasteiger partial charge in [-0.2, -0.15) is 0 Å². The maximum atomic E-state index is 11.5. The summed E-state index contributed by atoms with van der Waals surface area (Å²) < 4.78 is 0. The predicted molar refractivity (Wildman–Crippen MR) is 69.7 cm³/mol. The van der Waals surface area contributed by atoms with Gasteiger partial charge in [-0.15, -0.1) is 0 Å². The topological polar surface area (TPSA) is 72.2 Å². The minimum atomic E-state index is 0.0993. The van der Waals surface area contributed by atoms with Gasteiger partial charge in [0.15, 0.2) is 0 Å². The van der Waals surface area contributed by atoms with Gasteiger partial charge >= 0.3 is 0 Å². The molecular formula is C13H26N2O2. The molecule has 0 aliphatic rings. The molecule has 0 spiro atoms. The Morgan fingerprint density at radius 3 is 2.65 bits per heavy atom. The number of unbranched alkanes of at least 4 members (excludes halogenated alkanes) is 4. The Bertz CT molecular complexity index is 208. The van der Waals surface area contributed by atoms with Crippen LogP contribution in [0.5, 0.6) is 0 Å². The third-order valence-corrected chi connectivity index (χ3v) is 2.72. The molecule has 0 bridgehead atoms. The monoisotopic (exact) mass is 242 g/mol. The molecule has 0 radical (unpaired) electrons. The van der Waals surface area contributed by atoms with E-state index in [4.69, 9.17) is 5.73 Å². The van der Waals surface area contributed by atoms with Gasteiger partial charge in [0.05, 0.1) is 0 Å². The number of hydrogen-bond acceptors (Lipinski definition) is 3. The average Bonchev–Trinajstić information content (AvgIpc) is 2.30. The van der Waals surface area contributed by atoms with E-state index in [0.717, 1.165) is 51.4 Å². The highest BCUT2D eigenvalue weighted by atomic mass is 16.1. The standard InChI is InChI=1S/C13H26N2O2/c1-12(8-4-2-6-10-14)15-13(17)9-5-3-7-11-16/h11-12H,2-10,14H2,1H3,(H,15,17). The van der Waals surface area contributed by atoms with Crippen molar-refractivity contribution in [1.82, 2.24) is 5.32 Å². The van der Waals surface area contributed by atoms with E-state index < -0.39 is 0 Å². The predicted octanol–water partition coefficient (Wildman–Crippen LogP) is 1.77. The molecule has 0 saturated carbocycles. The van der Waals surface area contributed by atoms with Gasteiger partial charge in [0.25, 0.3) is 0 Å². The van der Waals surface area contributed by atoms with Crippen LogP contribution < -0.4 is 11.1 Å². The zero-order valence-electron chi connectivity index (χ0n) is 10.9. The first kappa shape index (κ1) is 16.1. The smallest absolute Gasteiger partial charge is 0.220 e. The van der Waals surface area contributed by atoms with Crippen LogP contribution in [0.2, 0.25) is 0 Å². The molecule has 1 unspecified atom stereocenters. The third-order valence-electron chi connectivity index (χ3n) is 2.72. The number of nitrogens with two attached hydrogens (primary N) is 1. The summed E-state index contributed by atoms with van der Waals surface area (Å²) in [6.07, 6.45) is 7.92. The summed E-state index contributed by atoms with van der Waals surface area (Å²) in [4.78, 5) is 21.6. The Hall–Kier alpha value is -0.900. The maximum Gasteiger partial charge on any atom is 0.220 e. The van der Waals surface area contributed by atoms with Gasteiger partial charge < -0.3 is 15.8 Å². The second-order valence-corrected chi connectivity index (χ2v) is 4.52. The summed E-state index contributed by atoms with van der Waals surface area (Å²) in [7, 11) is 0. The molecule has 0 aromatic rings. The van der Waals surface area contributed by atoms with Gasteiger partial charge in [-0.3, -0.25) is 4.79 Å². The van der Waals surface area contributed by atoms with Crippen molar-refractivity contribution in [3.63, 3.8) is 0 Å². The molecule has 3 N–H and O–H groups in total. The van der Waals surface area contributed by atoms with Crippen molar-refractivity contribution in [2.75, 3.05) is 6.54 Å². The van der Waals surface area contributed by atoms with E-state index in [2.05, 4.69) is 5.32 Å². The van der Waals surface area contributed by atoms with Crippen molar-refractivity contribution >= 4 is 12.2 Å². The van der Waals surface area contributed by atoms with Gasteiger partial charge in [-0.25, -0.2) is 0 Å². The fourth-order valence-electron chi connectivity index (χ4n) is 1.70. The molecule has 0 heterocycles. The van der Waals surface area contributed by atoms with Gasteiger partial charge in [-0.1, -0.05) is 12.8 Å². The average molecular weight is 242 g/mol. The number of carbonyl (C=O) groups excluding carboxylic acids is 2. The largest absolute Gasteiger partial charge is 0.354 e. The van der Waals surface area contributed by atoms with Crippen LogP contribution >= 0.6 is 0 Å². The van der Waals surface area contributed by atoms with Gasteiger partial charge in [0.2, 0.25) is 5.91 Å². The van der Waals surface area contributed by atoms with E-state index in [1.54, 1.807) is 0 Å². The zero-order chi connectivity index (χ0) is 12.9. The fourth-order valence-corrected chi connectivity index (χ4v) is 1.70. The SMILES string of the molecule is CC(CCCCCN)NC(=O)CCCCC=O. The molecule has 1 atom stereocenters. The van der Waals surface area contributed by atoms with Crippen molar-refractivity contribution < 1.29 is 9.59 Å². The minimum Gasteiger partial charge on any atom is -0.354 e. The van der Waals surface area contributed by atoms with Gasteiger partial charge in [0.1, 0.15) is 6.29 Å². The molecule has 100 valence electrons. The van der Waals surface area contributed by atoms with Crippen molar-refractivity contribution in [3.8, 4) is 0 Å². The Labute approximate surface area is 104 Å². The van der Waals surface area contributed by atoms with E-state index in [1.807, 2.05) is 6.92 Å². The number of nitrogens with one attached hydrogen (secondary N) is 1. The van der Waals surface area contributed by atoms with Crippen molar-refractivity contribution in [2.45, 2.75) is 64.3 Å². The first-order valence-corrected chi connectivity index (χ1v) is 6.63. The molecular weight excluding hydrogens is 216 g/mol. The maximum absolute atomic E-state index is 11.5. The van der Waals surface area contributed by atoms with Crippen LogP contribution in [0, 0.1) is 0 Å². The molecule has 17 heavy (non-hydrogen) atoms. The number of aldehydes is 1. The molecule has 0 rings (SSSR count). The quantitative estimate of drug-likeness (QED) is 0.428. The molecule has 0 aliphatic carbocycles. The van der Waals surface area contributed by atoms with Crippen LogP contribution in [0.4, 0.5) is 0 Å². The molecule has 0 aliphatic heterocycles. The van der Waals surface area contributed by atoms with E-state index in [-0.39, 0.29) is 11.9 Å². The Morgan fingerprint density at radius 1 is 1.24 bits per heavy atom. The lowest BCUT2D eigenvalue weighted by Crippen LogP contribution is -2.32. The summed E-state index contributed by atoms with van der Waals surface area (Å²) in [5, 5.41) is 2.98. The van der Waals surface area contributed by atoms with Gasteiger partial charge in [-0.05, 0) is 39.2 Å². The van der Waals surface area contributed by atoms with Crippen LogP contribution in [0.1, 0.15) is 58.3 Å². The zero-order valence-corrected chi connectivity index (χ0v) is 10.9. The van der Waals surface area contributed by atoms with Crippen LogP contribution in [0.15, 0.2) is 0 Å². The molecule has 0 saturated heterocycles. The summed E-state index contributed by atoms with van der Waals surface area (Å²) in [5.41, 5.74) is 5.41. The summed E-state index contributed by atoms with van der Waals surface area (Å²) >= 11 is 0. The third kappa shape index (κ3) is 11.4. The molecule has 0 aromatic carbocycles. The van der Waals surface area contributed by atoms with E-state index in [9.17, 15) is 9.59 Å². The highest BCUT2D eigenvalue weighted by molar-refractivity contribution is 5.76. The first-order valence-electron chi connectivity index (χ1n) is 6.63. The summed E-state index contributed by atoms with van der Waals surface area (Å²) in [6, 6.07) is 0.242. The van der Waals surface area contributed by atoms with Crippen molar-refractivity contribution in [2.24, 2.45) is 5.73 Å². The highest BCUT2D eigenvalue weighted by Crippen LogP contribution is 2.04. The van der Waals surface area contributed by atoms with E-state index >= 15 is 0 Å². The highest BCUT2D eigenvalue weighted by Gasteiger charge is 2.06. The first-order chi connectivity index (χ1) is 8.20. The number of carbonyl (C=O) groups is 2. The lowest BCUT2D eigenvalue weighted by molar-refractivity contribution is -0.122. The van der Waals surface area contributed by atoms with Crippen LogP contribution in [-0.2, 0) is 9.59 Å². The summed E-state index contributed by atoms with van der Waals surface area (Å²) in [5.74, 6) is 0.0993. The minimum absolute atomic E-state index is 0.0993. The molecule has 1 amide bonds. The lowest BCUT2D eigenvalue weighted by Gasteiger charge is -2.13. The van der Waals surface area contributed by atoms with Crippen LogP contribution in [-0.4, -0.2) is 24.8 Å². The molecule has 4 nitrogen and oxygen atoms in total. The number of hydrogen-bond donors (Lipinski definition) is 2. The van der Waals surface area contributed by atoms with Crippen molar-refractivity contribution in [3.05, 3.63) is 0 Å². The van der Waals surface area contributed by atoms with E-state index in [1.165, 1.54) is 0 Å². The normalized spacial score (nSPS) is 12.1.